The Bertz CT molecular complexity index is 1200. The number of carbonyl (C=O) groups is 1. The van der Waals surface area contributed by atoms with Crippen LogP contribution in [-0.4, -0.2) is 53.0 Å². The number of morpholine rings is 1. The zero-order valence-corrected chi connectivity index (χ0v) is 19.0. The molecular weight excluding hydrogens is 428 g/mol. The number of hydrogen-bond donors (Lipinski definition) is 1. The quantitative estimate of drug-likeness (QED) is 0.438. The number of fused-ring (bicyclic) bond motifs is 1. The molecule has 174 valence electrons. The van der Waals surface area contributed by atoms with Crippen molar-refractivity contribution < 1.29 is 14.3 Å². The lowest BCUT2D eigenvalue weighted by Gasteiger charge is -2.31. The van der Waals surface area contributed by atoms with E-state index in [0.29, 0.717) is 17.9 Å². The van der Waals surface area contributed by atoms with Crippen LogP contribution in [0.5, 0.6) is 5.75 Å². The van der Waals surface area contributed by atoms with Gasteiger partial charge in [-0.1, -0.05) is 42.5 Å². The molecular formula is C27H28N4O3. The molecule has 2 aromatic heterocycles. The number of nitrogens with zero attached hydrogens (tertiary/aromatic N) is 3. The van der Waals surface area contributed by atoms with E-state index in [1.807, 2.05) is 71.4 Å². The highest BCUT2D eigenvalue weighted by Crippen LogP contribution is 2.19. The van der Waals surface area contributed by atoms with Gasteiger partial charge in [0.1, 0.15) is 18.0 Å². The van der Waals surface area contributed by atoms with Crippen LogP contribution in [0.2, 0.25) is 0 Å². The molecule has 0 bridgehead atoms. The third-order valence-electron chi connectivity index (χ3n) is 5.95. The first kappa shape index (κ1) is 22.1. The van der Waals surface area contributed by atoms with E-state index in [4.69, 9.17) is 9.47 Å². The van der Waals surface area contributed by atoms with Crippen LogP contribution in [0.15, 0.2) is 85.2 Å². The molecule has 1 aliphatic heterocycles. The predicted molar refractivity (Wildman–Crippen MR) is 130 cm³/mol. The van der Waals surface area contributed by atoms with Gasteiger partial charge in [-0.15, -0.1) is 0 Å². The molecule has 1 atom stereocenters. The van der Waals surface area contributed by atoms with Crippen LogP contribution >= 0.6 is 0 Å². The second kappa shape index (κ2) is 10.5. The molecule has 0 radical (unpaired) electrons. The lowest BCUT2D eigenvalue weighted by atomic mass is 10.1. The van der Waals surface area contributed by atoms with Gasteiger partial charge in [-0.05, 0) is 35.9 Å². The normalized spacial score (nSPS) is 15.2. The van der Waals surface area contributed by atoms with E-state index in [-0.39, 0.29) is 11.9 Å². The van der Waals surface area contributed by atoms with Crippen molar-refractivity contribution in [2.75, 3.05) is 32.8 Å². The van der Waals surface area contributed by atoms with E-state index in [2.05, 4.69) is 27.3 Å². The Morgan fingerprint density at radius 3 is 2.68 bits per heavy atom. The SMILES string of the molecule is O=C(NC(CN1CCOCC1)c1ccccc1)c1cccc(OCc2cn3ccccc3n2)c1. The number of imidazole rings is 1. The van der Waals surface area contributed by atoms with Crippen LogP contribution in [0.4, 0.5) is 0 Å². The first-order chi connectivity index (χ1) is 16.7. The molecule has 0 aliphatic carbocycles. The number of hydrogen-bond acceptors (Lipinski definition) is 5. The molecule has 1 N–H and O–H groups in total. The highest BCUT2D eigenvalue weighted by atomic mass is 16.5. The summed E-state index contributed by atoms with van der Waals surface area (Å²) in [5.41, 5.74) is 3.36. The molecule has 1 amide bonds. The Morgan fingerprint density at radius 1 is 1.03 bits per heavy atom. The molecule has 1 fully saturated rings. The number of nitrogens with one attached hydrogen (secondary N) is 1. The Labute approximate surface area is 198 Å². The van der Waals surface area contributed by atoms with E-state index in [9.17, 15) is 4.79 Å². The summed E-state index contributed by atoms with van der Waals surface area (Å²) < 4.78 is 13.4. The van der Waals surface area contributed by atoms with Crippen LogP contribution in [-0.2, 0) is 11.3 Å². The fourth-order valence-electron chi connectivity index (χ4n) is 4.14. The Balaban J connectivity index is 1.26. The molecule has 1 unspecified atom stereocenters. The average molecular weight is 457 g/mol. The molecule has 3 heterocycles. The molecule has 0 saturated carbocycles. The van der Waals surface area contributed by atoms with Crippen molar-refractivity contribution in [1.29, 1.82) is 0 Å². The van der Waals surface area contributed by atoms with E-state index in [1.54, 1.807) is 6.07 Å². The maximum atomic E-state index is 13.2. The molecule has 34 heavy (non-hydrogen) atoms. The molecule has 4 aromatic rings. The van der Waals surface area contributed by atoms with Crippen molar-refractivity contribution >= 4 is 11.6 Å². The Morgan fingerprint density at radius 2 is 1.85 bits per heavy atom. The first-order valence-electron chi connectivity index (χ1n) is 11.6. The van der Waals surface area contributed by atoms with Crippen molar-refractivity contribution in [2.45, 2.75) is 12.6 Å². The zero-order chi connectivity index (χ0) is 23.2. The van der Waals surface area contributed by atoms with Crippen molar-refractivity contribution in [2.24, 2.45) is 0 Å². The summed E-state index contributed by atoms with van der Waals surface area (Å²) in [5.74, 6) is 0.509. The highest BCUT2D eigenvalue weighted by molar-refractivity contribution is 5.94. The smallest absolute Gasteiger partial charge is 0.251 e. The van der Waals surface area contributed by atoms with Crippen LogP contribution in [0.25, 0.3) is 5.65 Å². The lowest BCUT2D eigenvalue weighted by Crippen LogP contribution is -2.43. The minimum atomic E-state index is -0.125. The second-order valence-corrected chi connectivity index (χ2v) is 8.36. The summed E-state index contributed by atoms with van der Waals surface area (Å²) in [6.45, 7) is 4.25. The fraction of sp³-hybridized carbons (Fsp3) is 0.259. The van der Waals surface area contributed by atoms with Gasteiger partial charge in [-0.25, -0.2) is 4.98 Å². The van der Waals surface area contributed by atoms with E-state index in [0.717, 1.165) is 49.8 Å². The largest absolute Gasteiger partial charge is 0.487 e. The van der Waals surface area contributed by atoms with Gasteiger partial charge in [-0.3, -0.25) is 9.69 Å². The van der Waals surface area contributed by atoms with Gasteiger partial charge in [0.2, 0.25) is 0 Å². The number of amides is 1. The molecule has 1 aliphatic rings. The van der Waals surface area contributed by atoms with Crippen LogP contribution in [0.3, 0.4) is 0 Å². The standard InChI is InChI=1S/C27H28N4O3/c32-27(29-25(21-7-2-1-3-8-21)19-30-13-15-33-16-14-30)22-9-6-10-24(17-22)34-20-23-18-31-12-5-4-11-26(31)28-23/h1-12,17-18,25H,13-16,19-20H2,(H,29,32). The predicted octanol–water partition coefficient (Wildman–Crippen LogP) is 3.72. The summed E-state index contributed by atoms with van der Waals surface area (Å²) in [6.07, 6.45) is 3.90. The van der Waals surface area contributed by atoms with Crippen LogP contribution in [0, 0.1) is 0 Å². The fourth-order valence-corrected chi connectivity index (χ4v) is 4.14. The van der Waals surface area contributed by atoms with Gasteiger partial charge in [0.05, 0.1) is 24.9 Å². The van der Waals surface area contributed by atoms with E-state index >= 15 is 0 Å². The Kier molecular flexibility index (Phi) is 6.84. The highest BCUT2D eigenvalue weighted by Gasteiger charge is 2.21. The van der Waals surface area contributed by atoms with Crippen molar-refractivity contribution in [3.8, 4) is 5.75 Å². The third kappa shape index (κ3) is 5.44. The number of rotatable bonds is 8. The summed E-state index contributed by atoms with van der Waals surface area (Å²) in [7, 11) is 0. The summed E-state index contributed by atoms with van der Waals surface area (Å²) in [5, 5.41) is 3.22. The van der Waals surface area contributed by atoms with E-state index < -0.39 is 0 Å². The van der Waals surface area contributed by atoms with Crippen molar-refractivity contribution in [3.63, 3.8) is 0 Å². The molecule has 2 aromatic carbocycles. The lowest BCUT2D eigenvalue weighted by molar-refractivity contribution is 0.0332. The van der Waals surface area contributed by atoms with Crippen molar-refractivity contribution in [3.05, 3.63) is 102 Å². The van der Waals surface area contributed by atoms with Gasteiger partial charge >= 0.3 is 0 Å². The number of aromatic nitrogens is 2. The summed E-state index contributed by atoms with van der Waals surface area (Å²) in [4.78, 5) is 20.1. The van der Waals surface area contributed by atoms with Gasteiger partial charge in [0.25, 0.3) is 5.91 Å². The van der Waals surface area contributed by atoms with Gasteiger partial charge < -0.3 is 19.2 Å². The molecule has 7 heteroatoms. The molecule has 5 rings (SSSR count). The number of benzene rings is 2. The number of pyridine rings is 1. The monoisotopic (exact) mass is 456 g/mol. The molecule has 7 nitrogen and oxygen atoms in total. The summed E-state index contributed by atoms with van der Waals surface area (Å²) in [6, 6.07) is 23.1. The second-order valence-electron chi connectivity index (χ2n) is 8.36. The van der Waals surface area contributed by atoms with Crippen LogP contribution < -0.4 is 10.1 Å². The minimum absolute atomic E-state index is 0.116. The minimum Gasteiger partial charge on any atom is -0.487 e. The zero-order valence-electron chi connectivity index (χ0n) is 19.0. The van der Waals surface area contributed by atoms with E-state index in [1.165, 1.54) is 0 Å². The summed E-state index contributed by atoms with van der Waals surface area (Å²) >= 11 is 0. The average Bonchev–Trinajstić information content (AvgIpc) is 3.31. The molecule has 0 spiro atoms. The number of ether oxygens (including phenoxy) is 2. The van der Waals surface area contributed by atoms with Crippen molar-refractivity contribution in [1.82, 2.24) is 19.6 Å². The van der Waals surface area contributed by atoms with Gasteiger partial charge in [0.15, 0.2) is 0 Å². The number of carbonyl (C=O) groups excluding carboxylic acids is 1. The third-order valence-corrected chi connectivity index (χ3v) is 5.95. The maximum Gasteiger partial charge on any atom is 0.251 e. The Hall–Kier alpha value is -3.68. The van der Waals surface area contributed by atoms with Gasteiger partial charge in [-0.2, -0.15) is 0 Å². The molecule has 1 saturated heterocycles. The van der Waals surface area contributed by atoms with Gasteiger partial charge in [0, 0.05) is 37.6 Å². The first-order valence-corrected chi connectivity index (χ1v) is 11.6. The van der Waals surface area contributed by atoms with Crippen LogP contribution in [0.1, 0.15) is 27.7 Å². The topological polar surface area (TPSA) is 68.1 Å². The maximum absolute atomic E-state index is 13.2.